The van der Waals surface area contributed by atoms with Crippen molar-refractivity contribution >= 4 is 42.6 Å². The molecule has 1 unspecified atom stereocenters. The van der Waals surface area contributed by atoms with Gasteiger partial charge in [0.05, 0.1) is 29.4 Å². The molecule has 1 fully saturated rings. The van der Waals surface area contributed by atoms with Gasteiger partial charge in [0.25, 0.3) is 5.91 Å². The van der Waals surface area contributed by atoms with Crippen LogP contribution in [0, 0.1) is 0 Å². The SMILES string of the molecule is CCCCN(CC)S(=O)(=O)c1ccc(C(=O)N(CC2CCCO2)c2nc3c(OC)cccc3s2)cc1. The lowest BCUT2D eigenvalue weighted by Crippen LogP contribution is -2.37. The van der Waals surface area contributed by atoms with Gasteiger partial charge in [0.15, 0.2) is 5.13 Å². The van der Waals surface area contributed by atoms with E-state index in [1.54, 1.807) is 24.1 Å². The van der Waals surface area contributed by atoms with E-state index in [0.717, 1.165) is 30.4 Å². The second-order valence-corrected chi connectivity index (χ2v) is 11.7. The first kappa shape index (κ1) is 26.5. The molecule has 1 aromatic heterocycles. The van der Waals surface area contributed by atoms with Gasteiger partial charge in [-0.05, 0) is 55.7 Å². The average molecular weight is 532 g/mol. The maximum atomic E-state index is 13.7. The van der Waals surface area contributed by atoms with Crippen molar-refractivity contribution < 1.29 is 22.7 Å². The number of sulfonamides is 1. The Hall–Kier alpha value is -2.53. The highest BCUT2D eigenvalue weighted by Gasteiger charge is 2.28. The van der Waals surface area contributed by atoms with Crippen LogP contribution in [-0.4, -0.2) is 63.1 Å². The highest BCUT2D eigenvalue weighted by Crippen LogP contribution is 2.35. The van der Waals surface area contributed by atoms with E-state index < -0.39 is 10.0 Å². The first-order chi connectivity index (χ1) is 17.4. The molecule has 0 spiro atoms. The minimum Gasteiger partial charge on any atom is -0.494 e. The molecule has 0 aliphatic carbocycles. The number of benzene rings is 2. The number of ether oxygens (including phenoxy) is 2. The molecular formula is C26H33N3O5S2. The molecule has 36 heavy (non-hydrogen) atoms. The van der Waals surface area contributed by atoms with Gasteiger partial charge in [0, 0.05) is 25.3 Å². The number of rotatable bonds is 11. The number of unbranched alkanes of at least 4 members (excludes halogenated alkanes) is 1. The van der Waals surface area contributed by atoms with Gasteiger partial charge in [0.2, 0.25) is 10.0 Å². The summed E-state index contributed by atoms with van der Waals surface area (Å²) in [7, 11) is -2.02. The van der Waals surface area contributed by atoms with Gasteiger partial charge in [-0.15, -0.1) is 0 Å². The van der Waals surface area contributed by atoms with E-state index in [9.17, 15) is 13.2 Å². The molecule has 8 nitrogen and oxygen atoms in total. The number of hydrogen-bond acceptors (Lipinski definition) is 7. The lowest BCUT2D eigenvalue weighted by molar-refractivity contribution is 0.0917. The molecule has 194 valence electrons. The summed E-state index contributed by atoms with van der Waals surface area (Å²) in [5, 5.41) is 0.559. The predicted molar refractivity (Wildman–Crippen MR) is 143 cm³/mol. The molecule has 0 radical (unpaired) electrons. The van der Waals surface area contributed by atoms with Crippen LogP contribution in [0.15, 0.2) is 47.4 Å². The number of aromatic nitrogens is 1. The number of fused-ring (bicyclic) bond motifs is 1. The van der Waals surface area contributed by atoms with Gasteiger partial charge in [-0.2, -0.15) is 4.31 Å². The van der Waals surface area contributed by atoms with E-state index >= 15 is 0 Å². The molecule has 3 aromatic rings. The van der Waals surface area contributed by atoms with Crippen molar-refractivity contribution in [2.24, 2.45) is 0 Å². The van der Waals surface area contributed by atoms with E-state index in [4.69, 9.17) is 14.5 Å². The zero-order chi connectivity index (χ0) is 25.7. The zero-order valence-electron chi connectivity index (χ0n) is 21.0. The predicted octanol–water partition coefficient (Wildman–Crippen LogP) is 4.94. The first-order valence-electron chi connectivity index (χ1n) is 12.4. The number of hydrogen-bond donors (Lipinski definition) is 0. The van der Waals surface area contributed by atoms with Gasteiger partial charge in [-0.3, -0.25) is 9.69 Å². The molecule has 4 rings (SSSR count). The fourth-order valence-electron chi connectivity index (χ4n) is 4.29. The van der Waals surface area contributed by atoms with Crippen LogP contribution in [0.2, 0.25) is 0 Å². The average Bonchev–Trinajstić information content (AvgIpc) is 3.57. The third-order valence-corrected chi connectivity index (χ3v) is 9.36. The normalized spacial score (nSPS) is 16.1. The number of methoxy groups -OCH3 is 1. The monoisotopic (exact) mass is 531 g/mol. The van der Waals surface area contributed by atoms with Gasteiger partial charge in [-0.25, -0.2) is 13.4 Å². The fraction of sp³-hybridized carbons (Fsp3) is 0.462. The van der Waals surface area contributed by atoms with Gasteiger partial charge < -0.3 is 9.47 Å². The van der Waals surface area contributed by atoms with Crippen molar-refractivity contribution in [2.45, 2.75) is 50.5 Å². The fourth-order valence-corrected chi connectivity index (χ4v) is 6.77. The number of anilines is 1. The summed E-state index contributed by atoms with van der Waals surface area (Å²) in [6.07, 6.45) is 3.48. The Morgan fingerprint density at radius 2 is 1.97 bits per heavy atom. The second kappa shape index (κ2) is 11.7. The standard InChI is InChI=1S/C26H33N3O5S2/c1-4-6-16-28(5-2)36(31,32)21-14-12-19(13-15-21)25(30)29(18-20-9-8-17-34-20)26-27-24-22(33-3)10-7-11-23(24)35-26/h7,10-15,20H,4-6,8-9,16-18H2,1-3H3. The number of amides is 1. The summed E-state index contributed by atoms with van der Waals surface area (Å²) in [5.41, 5.74) is 1.10. The molecule has 2 aromatic carbocycles. The quantitative estimate of drug-likeness (QED) is 0.348. The molecule has 10 heteroatoms. The summed E-state index contributed by atoms with van der Waals surface area (Å²) < 4.78 is 39.8. The van der Waals surface area contributed by atoms with Crippen LogP contribution < -0.4 is 9.64 Å². The smallest absolute Gasteiger partial charge is 0.260 e. The van der Waals surface area contributed by atoms with E-state index in [1.165, 1.54) is 27.8 Å². The van der Waals surface area contributed by atoms with E-state index in [1.807, 2.05) is 32.0 Å². The Kier molecular flexibility index (Phi) is 8.61. The van der Waals surface area contributed by atoms with E-state index in [-0.39, 0.29) is 16.9 Å². The van der Waals surface area contributed by atoms with Crippen LogP contribution >= 0.6 is 11.3 Å². The van der Waals surface area contributed by atoms with Gasteiger partial charge in [-0.1, -0.05) is 37.7 Å². The van der Waals surface area contributed by atoms with Crippen LogP contribution in [0.5, 0.6) is 5.75 Å². The molecule has 1 aliphatic heterocycles. The van der Waals surface area contributed by atoms with Crippen molar-refractivity contribution in [3.8, 4) is 5.75 Å². The topological polar surface area (TPSA) is 89.0 Å². The minimum absolute atomic E-state index is 0.0702. The lowest BCUT2D eigenvalue weighted by Gasteiger charge is -2.23. The van der Waals surface area contributed by atoms with Crippen molar-refractivity contribution in [3.63, 3.8) is 0 Å². The molecule has 1 amide bonds. The molecule has 1 aliphatic rings. The molecule has 0 saturated carbocycles. The number of carbonyl (C=O) groups excluding carboxylic acids is 1. The molecular weight excluding hydrogens is 498 g/mol. The van der Waals surface area contributed by atoms with Crippen LogP contribution in [0.4, 0.5) is 5.13 Å². The zero-order valence-corrected chi connectivity index (χ0v) is 22.6. The third kappa shape index (κ3) is 5.56. The number of para-hydroxylation sites is 1. The summed E-state index contributed by atoms with van der Waals surface area (Å²) in [6.45, 7) is 5.80. The summed E-state index contributed by atoms with van der Waals surface area (Å²) in [5.74, 6) is 0.406. The Morgan fingerprint density at radius 3 is 2.61 bits per heavy atom. The van der Waals surface area contributed by atoms with Crippen molar-refractivity contribution in [1.29, 1.82) is 0 Å². The van der Waals surface area contributed by atoms with E-state index in [2.05, 4.69) is 0 Å². The highest BCUT2D eigenvalue weighted by molar-refractivity contribution is 7.89. The maximum Gasteiger partial charge on any atom is 0.260 e. The second-order valence-electron chi connectivity index (χ2n) is 8.73. The molecule has 1 saturated heterocycles. The Bertz CT molecular complexity index is 1280. The first-order valence-corrected chi connectivity index (χ1v) is 14.6. The number of thiazole rings is 1. The largest absolute Gasteiger partial charge is 0.494 e. The molecule has 0 bridgehead atoms. The Labute approximate surface area is 216 Å². The minimum atomic E-state index is -3.62. The number of nitrogens with zero attached hydrogens (tertiary/aromatic N) is 3. The van der Waals surface area contributed by atoms with Crippen molar-refractivity contribution in [1.82, 2.24) is 9.29 Å². The summed E-state index contributed by atoms with van der Waals surface area (Å²) in [4.78, 5) is 20.3. The van der Waals surface area contributed by atoms with Crippen LogP contribution in [0.25, 0.3) is 10.2 Å². The van der Waals surface area contributed by atoms with Crippen LogP contribution in [0.3, 0.4) is 0 Å². The van der Waals surface area contributed by atoms with E-state index in [0.29, 0.717) is 48.2 Å². The number of carbonyl (C=O) groups is 1. The summed E-state index contributed by atoms with van der Waals surface area (Å²) >= 11 is 1.42. The Morgan fingerprint density at radius 1 is 1.19 bits per heavy atom. The summed E-state index contributed by atoms with van der Waals surface area (Å²) in [6, 6.07) is 11.9. The molecule has 2 heterocycles. The Balaban J connectivity index is 1.64. The third-order valence-electron chi connectivity index (χ3n) is 6.33. The van der Waals surface area contributed by atoms with Gasteiger partial charge >= 0.3 is 0 Å². The van der Waals surface area contributed by atoms with Gasteiger partial charge in [0.1, 0.15) is 11.3 Å². The van der Waals surface area contributed by atoms with Crippen molar-refractivity contribution in [2.75, 3.05) is 38.3 Å². The molecule has 0 N–H and O–H groups in total. The van der Waals surface area contributed by atoms with Crippen LogP contribution in [-0.2, 0) is 14.8 Å². The highest BCUT2D eigenvalue weighted by atomic mass is 32.2. The van der Waals surface area contributed by atoms with Crippen molar-refractivity contribution in [3.05, 3.63) is 48.0 Å². The maximum absolute atomic E-state index is 13.7. The lowest BCUT2D eigenvalue weighted by atomic mass is 10.2. The van der Waals surface area contributed by atoms with Crippen LogP contribution in [0.1, 0.15) is 49.9 Å². The molecule has 1 atom stereocenters.